The van der Waals surface area contributed by atoms with Gasteiger partial charge in [-0.2, -0.15) is 0 Å². The normalized spacial score (nSPS) is 18.6. The summed E-state index contributed by atoms with van der Waals surface area (Å²) in [5, 5.41) is 7.33. The molecule has 0 radical (unpaired) electrons. The third-order valence-electron chi connectivity index (χ3n) is 3.84. The predicted octanol–water partition coefficient (Wildman–Crippen LogP) is 2.61. The first kappa shape index (κ1) is 13.2. The summed E-state index contributed by atoms with van der Waals surface area (Å²) >= 11 is 0. The molecule has 1 amide bonds. The summed E-state index contributed by atoms with van der Waals surface area (Å²) in [5.74, 6) is 0.266. The van der Waals surface area contributed by atoms with Gasteiger partial charge in [0, 0.05) is 18.0 Å². The van der Waals surface area contributed by atoms with Crippen LogP contribution >= 0.6 is 0 Å². The molecule has 1 saturated heterocycles. The molecule has 1 aromatic heterocycles. The molecule has 4 heteroatoms. The van der Waals surface area contributed by atoms with Gasteiger partial charge >= 0.3 is 0 Å². The number of carbonyl (C=O) groups is 1. The number of benzene rings is 1. The average molecular weight is 272 g/mol. The Morgan fingerprint density at radius 3 is 3.15 bits per heavy atom. The standard InChI is InChI=1S/C16H20N2O2/c1-11-4-5-14-12(9-11)10-15(20-14)16(19)18-8-6-13-3-2-7-17-13/h4-5,9-10,13,17H,2-3,6-8H2,1H3,(H,18,19). The smallest absolute Gasteiger partial charge is 0.287 e. The van der Waals surface area contributed by atoms with E-state index in [-0.39, 0.29) is 5.91 Å². The van der Waals surface area contributed by atoms with Gasteiger partial charge in [0.15, 0.2) is 5.76 Å². The van der Waals surface area contributed by atoms with Crippen molar-refractivity contribution in [2.24, 2.45) is 0 Å². The van der Waals surface area contributed by atoms with Crippen molar-refractivity contribution in [2.75, 3.05) is 13.1 Å². The van der Waals surface area contributed by atoms with E-state index in [0.717, 1.165) is 29.5 Å². The Bertz CT molecular complexity index is 612. The maximum atomic E-state index is 12.0. The Kier molecular flexibility index (Phi) is 3.74. The lowest BCUT2D eigenvalue weighted by molar-refractivity contribution is 0.0927. The summed E-state index contributed by atoms with van der Waals surface area (Å²) in [7, 11) is 0. The minimum atomic E-state index is -0.128. The van der Waals surface area contributed by atoms with Crippen LogP contribution in [0.2, 0.25) is 0 Å². The number of aryl methyl sites for hydroxylation is 1. The highest BCUT2D eigenvalue weighted by Gasteiger charge is 2.15. The summed E-state index contributed by atoms with van der Waals surface area (Å²) in [6, 6.07) is 8.28. The van der Waals surface area contributed by atoms with Crippen LogP contribution in [-0.4, -0.2) is 25.0 Å². The summed E-state index contributed by atoms with van der Waals surface area (Å²) in [6.07, 6.45) is 3.42. The Hall–Kier alpha value is -1.81. The van der Waals surface area contributed by atoms with Gasteiger partial charge in [0.25, 0.3) is 5.91 Å². The molecule has 0 saturated carbocycles. The molecular formula is C16H20N2O2. The molecule has 2 heterocycles. The number of rotatable bonds is 4. The van der Waals surface area contributed by atoms with E-state index in [1.165, 1.54) is 12.8 Å². The highest BCUT2D eigenvalue weighted by atomic mass is 16.3. The van der Waals surface area contributed by atoms with Crippen LogP contribution in [0, 0.1) is 6.92 Å². The predicted molar refractivity (Wildman–Crippen MR) is 78.9 cm³/mol. The lowest BCUT2D eigenvalue weighted by atomic mass is 10.1. The van der Waals surface area contributed by atoms with Crippen LogP contribution < -0.4 is 10.6 Å². The number of hydrogen-bond acceptors (Lipinski definition) is 3. The van der Waals surface area contributed by atoms with E-state index in [0.29, 0.717) is 18.3 Å². The average Bonchev–Trinajstić information content (AvgIpc) is 3.06. The van der Waals surface area contributed by atoms with Gasteiger partial charge in [-0.3, -0.25) is 4.79 Å². The Morgan fingerprint density at radius 1 is 1.45 bits per heavy atom. The van der Waals surface area contributed by atoms with Crippen LogP contribution in [0.25, 0.3) is 11.0 Å². The second-order valence-corrected chi connectivity index (χ2v) is 5.49. The zero-order valence-corrected chi connectivity index (χ0v) is 11.7. The molecule has 1 aromatic carbocycles. The second kappa shape index (κ2) is 5.67. The quantitative estimate of drug-likeness (QED) is 0.899. The molecule has 4 nitrogen and oxygen atoms in total. The first-order valence-corrected chi connectivity index (χ1v) is 7.24. The SMILES string of the molecule is Cc1ccc2oc(C(=O)NCCC3CCCN3)cc2c1. The van der Waals surface area contributed by atoms with Crippen molar-refractivity contribution in [1.82, 2.24) is 10.6 Å². The fourth-order valence-corrected chi connectivity index (χ4v) is 2.72. The Balaban J connectivity index is 1.60. The molecule has 1 fully saturated rings. The molecule has 1 unspecified atom stereocenters. The van der Waals surface area contributed by atoms with Crippen LogP contribution in [-0.2, 0) is 0 Å². The van der Waals surface area contributed by atoms with E-state index < -0.39 is 0 Å². The summed E-state index contributed by atoms with van der Waals surface area (Å²) in [5.41, 5.74) is 1.93. The molecular weight excluding hydrogens is 252 g/mol. The fourth-order valence-electron chi connectivity index (χ4n) is 2.72. The van der Waals surface area contributed by atoms with Crippen LogP contribution in [0.4, 0.5) is 0 Å². The van der Waals surface area contributed by atoms with E-state index in [1.807, 2.05) is 31.2 Å². The number of fused-ring (bicyclic) bond motifs is 1. The Labute approximate surface area is 118 Å². The maximum absolute atomic E-state index is 12.0. The van der Waals surface area contributed by atoms with E-state index in [2.05, 4.69) is 10.6 Å². The van der Waals surface area contributed by atoms with Gasteiger partial charge < -0.3 is 15.1 Å². The molecule has 0 bridgehead atoms. The molecule has 1 atom stereocenters. The van der Waals surface area contributed by atoms with E-state index in [4.69, 9.17) is 4.42 Å². The van der Waals surface area contributed by atoms with Gasteiger partial charge in [-0.05, 0) is 50.9 Å². The second-order valence-electron chi connectivity index (χ2n) is 5.49. The lowest BCUT2D eigenvalue weighted by Gasteiger charge is -2.09. The largest absolute Gasteiger partial charge is 0.451 e. The van der Waals surface area contributed by atoms with E-state index in [9.17, 15) is 4.79 Å². The summed E-state index contributed by atoms with van der Waals surface area (Å²) in [6.45, 7) is 3.81. The highest BCUT2D eigenvalue weighted by Crippen LogP contribution is 2.20. The van der Waals surface area contributed by atoms with Crippen molar-refractivity contribution >= 4 is 16.9 Å². The van der Waals surface area contributed by atoms with Crippen molar-refractivity contribution in [1.29, 1.82) is 0 Å². The van der Waals surface area contributed by atoms with Gasteiger partial charge in [0.05, 0.1) is 0 Å². The van der Waals surface area contributed by atoms with Crippen molar-refractivity contribution in [2.45, 2.75) is 32.2 Å². The number of hydrogen-bond donors (Lipinski definition) is 2. The van der Waals surface area contributed by atoms with Crippen LogP contribution in [0.3, 0.4) is 0 Å². The summed E-state index contributed by atoms with van der Waals surface area (Å²) < 4.78 is 5.58. The number of nitrogens with one attached hydrogen (secondary N) is 2. The Morgan fingerprint density at radius 2 is 2.35 bits per heavy atom. The third-order valence-corrected chi connectivity index (χ3v) is 3.84. The lowest BCUT2D eigenvalue weighted by Crippen LogP contribution is -2.30. The van der Waals surface area contributed by atoms with Crippen molar-refractivity contribution < 1.29 is 9.21 Å². The first-order chi connectivity index (χ1) is 9.72. The van der Waals surface area contributed by atoms with Crippen LogP contribution in [0.5, 0.6) is 0 Å². The molecule has 0 spiro atoms. The minimum absolute atomic E-state index is 0.128. The van der Waals surface area contributed by atoms with Gasteiger partial charge in [0.2, 0.25) is 0 Å². The number of furan rings is 1. The molecule has 2 aromatic rings. The molecule has 1 aliphatic heterocycles. The van der Waals surface area contributed by atoms with Crippen molar-refractivity contribution in [3.05, 3.63) is 35.6 Å². The minimum Gasteiger partial charge on any atom is -0.451 e. The molecule has 1 aliphatic rings. The van der Waals surface area contributed by atoms with E-state index in [1.54, 1.807) is 0 Å². The fraction of sp³-hybridized carbons (Fsp3) is 0.438. The van der Waals surface area contributed by atoms with Gasteiger partial charge in [-0.1, -0.05) is 11.6 Å². The van der Waals surface area contributed by atoms with Gasteiger partial charge in [-0.25, -0.2) is 0 Å². The molecule has 20 heavy (non-hydrogen) atoms. The van der Waals surface area contributed by atoms with E-state index >= 15 is 0 Å². The van der Waals surface area contributed by atoms with Crippen molar-refractivity contribution in [3.8, 4) is 0 Å². The van der Waals surface area contributed by atoms with Crippen molar-refractivity contribution in [3.63, 3.8) is 0 Å². The van der Waals surface area contributed by atoms with Crippen LogP contribution in [0.15, 0.2) is 28.7 Å². The maximum Gasteiger partial charge on any atom is 0.287 e. The molecule has 0 aliphatic carbocycles. The van der Waals surface area contributed by atoms with Gasteiger partial charge in [0.1, 0.15) is 5.58 Å². The van der Waals surface area contributed by atoms with Gasteiger partial charge in [-0.15, -0.1) is 0 Å². The monoisotopic (exact) mass is 272 g/mol. The zero-order chi connectivity index (χ0) is 13.9. The highest BCUT2D eigenvalue weighted by molar-refractivity contribution is 5.96. The first-order valence-electron chi connectivity index (χ1n) is 7.24. The molecule has 3 rings (SSSR count). The topological polar surface area (TPSA) is 54.3 Å². The molecule has 2 N–H and O–H groups in total. The number of carbonyl (C=O) groups excluding carboxylic acids is 1. The zero-order valence-electron chi connectivity index (χ0n) is 11.7. The van der Waals surface area contributed by atoms with Crippen LogP contribution in [0.1, 0.15) is 35.4 Å². The summed E-state index contributed by atoms with van der Waals surface area (Å²) in [4.78, 5) is 12.0. The third kappa shape index (κ3) is 2.85. The number of amides is 1. The molecule has 106 valence electrons.